The van der Waals surface area contributed by atoms with Gasteiger partial charge in [0.05, 0.1) is 19.3 Å². The topological polar surface area (TPSA) is 76.7 Å². The standard InChI is InChI=1S/C22H26N2O4S2/c1-3-4-5-13-28-15-11-9-14(10-12-15)19(25)23-22(29)24-20-18(21(26)27-2)16-7-6-8-17(16)30-20/h9-12H,3-8,13H2,1-2H3,(H2,23,24,25,29). The maximum absolute atomic E-state index is 12.5. The molecular weight excluding hydrogens is 420 g/mol. The molecule has 0 bridgehead atoms. The van der Waals surface area contributed by atoms with Gasteiger partial charge in [0.2, 0.25) is 0 Å². The van der Waals surface area contributed by atoms with Gasteiger partial charge in [0.1, 0.15) is 10.8 Å². The number of aryl methyl sites for hydroxylation is 1. The molecule has 8 heteroatoms. The number of benzene rings is 1. The molecule has 6 nitrogen and oxygen atoms in total. The molecule has 160 valence electrons. The number of thiocarbonyl (C=S) groups is 1. The van der Waals surface area contributed by atoms with Crippen molar-refractivity contribution in [2.75, 3.05) is 19.0 Å². The molecule has 30 heavy (non-hydrogen) atoms. The van der Waals surface area contributed by atoms with Crippen molar-refractivity contribution in [2.45, 2.75) is 45.4 Å². The third kappa shape index (κ3) is 5.37. The van der Waals surface area contributed by atoms with E-state index in [0.717, 1.165) is 49.8 Å². The van der Waals surface area contributed by atoms with Crippen LogP contribution in [0.1, 0.15) is 63.8 Å². The molecule has 0 aliphatic heterocycles. The average molecular weight is 447 g/mol. The Kier molecular flexibility index (Phi) is 7.81. The van der Waals surface area contributed by atoms with Gasteiger partial charge in [-0.15, -0.1) is 11.3 Å². The fourth-order valence-corrected chi connectivity index (χ4v) is 4.91. The lowest BCUT2D eigenvalue weighted by molar-refractivity contribution is 0.0601. The summed E-state index contributed by atoms with van der Waals surface area (Å²) in [6.45, 7) is 2.81. The molecule has 0 saturated carbocycles. The number of hydrogen-bond donors (Lipinski definition) is 2. The van der Waals surface area contributed by atoms with Gasteiger partial charge in [-0.25, -0.2) is 4.79 Å². The van der Waals surface area contributed by atoms with Crippen LogP contribution in [0, 0.1) is 0 Å². The van der Waals surface area contributed by atoms with Crippen LogP contribution in [0.5, 0.6) is 5.75 Å². The van der Waals surface area contributed by atoms with Crippen LogP contribution >= 0.6 is 23.6 Å². The third-order valence-corrected chi connectivity index (χ3v) is 6.31. The third-order valence-electron chi connectivity index (χ3n) is 4.90. The summed E-state index contributed by atoms with van der Waals surface area (Å²) in [4.78, 5) is 25.9. The predicted molar refractivity (Wildman–Crippen MR) is 123 cm³/mol. The molecule has 0 fully saturated rings. The lowest BCUT2D eigenvalue weighted by Crippen LogP contribution is -2.34. The number of amides is 1. The maximum Gasteiger partial charge on any atom is 0.341 e. The Morgan fingerprint density at radius 2 is 1.93 bits per heavy atom. The van der Waals surface area contributed by atoms with Crippen molar-refractivity contribution in [3.63, 3.8) is 0 Å². The Morgan fingerprint density at radius 1 is 1.17 bits per heavy atom. The number of carbonyl (C=O) groups is 2. The molecule has 0 unspecified atom stereocenters. The van der Waals surface area contributed by atoms with Gasteiger partial charge in [-0.1, -0.05) is 19.8 Å². The van der Waals surface area contributed by atoms with Crippen LogP contribution in [-0.4, -0.2) is 30.7 Å². The second-order valence-electron chi connectivity index (χ2n) is 7.04. The zero-order valence-electron chi connectivity index (χ0n) is 17.2. The number of rotatable bonds is 8. The lowest BCUT2D eigenvalue weighted by Gasteiger charge is -2.11. The highest BCUT2D eigenvalue weighted by Crippen LogP contribution is 2.39. The number of ether oxygens (including phenoxy) is 2. The van der Waals surface area contributed by atoms with Crippen LogP contribution in [0.4, 0.5) is 5.00 Å². The zero-order chi connectivity index (χ0) is 21.5. The molecule has 0 atom stereocenters. The highest BCUT2D eigenvalue weighted by molar-refractivity contribution is 7.80. The Labute approximate surface area is 186 Å². The van der Waals surface area contributed by atoms with Crippen LogP contribution in [0.15, 0.2) is 24.3 Å². The summed E-state index contributed by atoms with van der Waals surface area (Å²) in [7, 11) is 1.36. The van der Waals surface area contributed by atoms with E-state index in [9.17, 15) is 9.59 Å². The number of unbranched alkanes of at least 4 members (excludes halogenated alkanes) is 2. The lowest BCUT2D eigenvalue weighted by atomic mass is 10.1. The second kappa shape index (κ2) is 10.5. The molecule has 1 aromatic carbocycles. The molecule has 0 radical (unpaired) electrons. The van der Waals surface area contributed by atoms with Crippen molar-refractivity contribution in [3.05, 3.63) is 45.8 Å². The van der Waals surface area contributed by atoms with Gasteiger partial charge in [0.25, 0.3) is 5.91 Å². The van der Waals surface area contributed by atoms with Gasteiger partial charge in [0.15, 0.2) is 5.11 Å². The number of esters is 1. The number of fused-ring (bicyclic) bond motifs is 1. The highest BCUT2D eigenvalue weighted by Gasteiger charge is 2.27. The summed E-state index contributed by atoms with van der Waals surface area (Å²) in [5, 5.41) is 6.43. The largest absolute Gasteiger partial charge is 0.494 e. The van der Waals surface area contributed by atoms with Gasteiger partial charge in [-0.05, 0) is 67.7 Å². The zero-order valence-corrected chi connectivity index (χ0v) is 18.8. The van der Waals surface area contributed by atoms with Gasteiger partial charge in [0, 0.05) is 10.4 Å². The van der Waals surface area contributed by atoms with E-state index >= 15 is 0 Å². The quantitative estimate of drug-likeness (QED) is 0.347. The number of nitrogens with one attached hydrogen (secondary N) is 2. The van der Waals surface area contributed by atoms with Crippen molar-refractivity contribution in [1.29, 1.82) is 0 Å². The van der Waals surface area contributed by atoms with E-state index in [1.54, 1.807) is 24.3 Å². The first-order valence-corrected chi connectivity index (χ1v) is 11.3. The van der Waals surface area contributed by atoms with Crippen molar-refractivity contribution >= 4 is 45.5 Å². The van der Waals surface area contributed by atoms with E-state index in [4.69, 9.17) is 21.7 Å². The molecule has 1 aliphatic rings. The minimum atomic E-state index is -0.388. The van der Waals surface area contributed by atoms with E-state index in [2.05, 4.69) is 17.6 Å². The van der Waals surface area contributed by atoms with E-state index < -0.39 is 0 Å². The number of methoxy groups -OCH3 is 1. The first-order chi connectivity index (χ1) is 14.5. The molecule has 0 saturated heterocycles. The molecular formula is C22H26N2O4S2. The fraction of sp³-hybridized carbons (Fsp3) is 0.409. The van der Waals surface area contributed by atoms with Crippen LogP contribution in [-0.2, 0) is 17.6 Å². The van der Waals surface area contributed by atoms with Crippen molar-refractivity contribution < 1.29 is 19.1 Å². The summed E-state index contributed by atoms with van der Waals surface area (Å²) < 4.78 is 10.6. The normalized spacial score (nSPS) is 12.2. The Hall–Kier alpha value is -2.45. The fourth-order valence-electron chi connectivity index (χ4n) is 3.36. The minimum Gasteiger partial charge on any atom is -0.494 e. The molecule has 1 aliphatic carbocycles. The van der Waals surface area contributed by atoms with Crippen LogP contribution in [0.25, 0.3) is 0 Å². The van der Waals surface area contributed by atoms with E-state index in [0.29, 0.717) is 22.7 Å². The maximum atomic E-state index is 12.5. The first-order valence-electron chi connectivity index (χ1n) is 10.1. The monoisotopic (exact) mass is 446 g/mol. The number of hydrogen-bond acceptors (Lipinski definition) is 6. The molecule has 1 amide bonds. The molecule has 2 aromatic rings. The van der Waals surface area contributed by atoms with Crippen molar-refractivity contribution in [1.82, 2.24) is 5.32 Å². The van der Waals surface area contributed by atoms with E-state index in [1.807, 2.05) is 0 Å². The van der Waals surface area contributed by atoms with Crippen molar-refractivity contribution in [3.8, 4) is 5.75 Å². The summed E-state index contributed by atoms with van der Waals surface area (Å²) in [5.41, 5.74) is 2.02. The van der Waals surface area contributed by atoms with Gasteiger partial charge < -0.3 is 14.8 Å². The molecule has 0 spiro atoms. The minimum absolute atomic E-state index is 0.143. The van der Waals surface area contributed by atoms with Gasteiger partial charge in [-0.3, -0.25) is 10.1 Å². The van der Waals surface area contributed by atoms with E-state index in [-0.39, 0.29) is 17.0 Å². The second-order valence-corrected chi connectivity index (χ2v) is 8.55. The Bertz CT molecular complexity index is 922. The smallest absolute Gasteiger partial charge is 0.341 e. The Balaban J connectivity index is 1.59. The molecule has 2 N–H and O–H groups in total. The van der Waals surface area contributed by atoms with E-state index in [1.165, 1.54) is 23.3 Å². The summed E-state index contributed by atoms with van der Waals surface area (Å²) in [6.07, 6.45) is 6.12. The summed E-state index contributed by atoms with van der Waals surface area (Å²) in [6, 6.07) is 6.95. The first kappa shape index (κ1) is 22.2. The summed E-state index contributed by atoms with van der Waals surface area (Å²) >= 11 is 6.79. The van der Waals surface area contributed by atoms with Crippen LogP contribution in [0.2, 0.25) is 0 Å². The molecule has 1 aromatic heterocycles. The van der Waals surface area contributed by atoms with Gasteiger partial charge in [-0.2, -0.15) is 0 Å². The number of thiophene rings is 1. The highest BCUT2D eigenvalue weighted by atomic mass is 32.1. The molecule has 3 rings (SSSR count). The van der Waals surface area contributed by atoms with Crippen LogP contribution in [0.3, 0.4) is 0 Å². The van der Waals surface area contributed by atoms with Crippen molar-refractivity contribution in [2.24, 2.45) is 0 Å². The summed E-state index contributed by atoms with van der Waals surface area (Å²) in [5.74, 6) is 0.0217. The van der Waals surface area contributed by atoms with Gasteiger partial charge >= 0.3 is 5.97 Å². The average Bonchev–Trinajstić information content (AvgIpc) is 3.31. The Morgan fingerprint density at radius 3 is 2.63 bits per heavy atom. The SMILES string of the molecule is CCCCCOc1ccc(C(=O)NC(=S)Nc2sc3c(c2C(=O)OC)CCC3)cc1. The molecule has 1 heterocycles. The number of anilines is 1. The predicted octanol–water partition coefficient (Wildman–Crippen LogP) is 4.72. The van der Waals surface area contributed by atoms with Crippen LogP contribution < -0.4 is 15.4 Å². The number of carbonyl (C=O) groups excluding carboxylic acids is 2.